The van der Waals surface area contributed by atoms with Gasteiger partial charge in [0.1, 0.15) is 11.4 Å². The first-order valence-corrected chi connectivity index (χ1v) is 8.17. The summed E-state index contributed by atoms with van der Waals surface area (Å²) in [6.07, 6.45) is 15.8. The van der Waals surface area contributed by atoms with E-state index in [0.717, 1.165) is 11.4 Å². The first kappa shape index (κ1) is 15.3. The molecule has 7 nitrogen and oxygen atoms in total. The van der Waals surface area contributed by atoms with Gasteiger partial charge in [-0.25, -0.2) is 20.0 Å². The minimum Gasteiger partial charge on any atom is -0.504 e. The molecule has 5 rings (SSSR count). The van der Waals surface area contributed by atoms with Crippen LogP contribution >= 0.6 is 0 Å². The van der Waals surface area contributed by atoms with Crippen LogP contribution in [0.2, 0.25) is 0 Å². The van der Waals surface area contributed by atoms with Gasteiger partial charge in [-0.05, 0) is 54.7 Å². The molecule has 0 spiro atoms. The number of aliphatic hydroxyl groups excluding tert-OH is 3. The maximum Gasteiger partial charge on any atom is 0.190 e. The smallest absolute Gasteiger partial charge is 0.190 e. The molecule has 3 N–H and O–H groups in total. The molecule has 130 valence electrons. The quantitative estimate of drug-likeness (QED) is 0.619. The number of nitrogens with zero attached hydrogens (tertiary/aromatic N) is 4. The number of aliphatic hydroxyl groups is 3. The molecule has 0 unspecified atom stereocenters. The molecule has 0 aliphatic carbocycles. The van der Waals surface area contributed by atoms with E-state index in [1.54, 1.807) is 24.3 Å². The van der Waals surface area contributed by atoms with Gasteiger partial charge in [0.2, 0.25) is 0 Å². The minimum atomic E-state index is -0.503. The Balaban J connectivity index is 1.72. The Hall–Kier alpha value is -4.00. The summed E-state index contributed by atoms with van der Waals surface area (Å²) in [6.45, 7) is 0. The van der Waals surface area contributed by atoms with E-state index < -0.39 is 11.5 Å². The van der Waals surface area contributed by atoms with E-state index in [-0.39, 0.29) is 22.9 Å². The summed E-state index contributed by atoms with van der Waals surface area (Å²) in [7, 11) is 0. The Morgan fingerprint density at radius 2 is 1.07 bits per heavy atom. The van der Waals surface area contributed by atoms with Gasteiger partial charge in [0.15, 0.2) is 23.0 Å². The summed E-state index contributed by atoms with van der Waals surface area (Å²) >= 11 is 0. The van der Waals surface area contributed by atoms with Gasteiger partial charge in [-0.2, -0.15) is 0 Å². The van der Waals surface area contributed by atoms with Gasteiger partial charge in [-0.15, -0.1) is 0 Å². The maximum atomic E-state index is 10.5. The van der Waals surface area contributed by atoms with E-state index in [1.165, 1.54) is 6.08 Å². The second-order valence-electron chi connectivity index (χ2n) is 6.17. The predicted molar refractivity (Wildman–Crippen MR) is 103 cm³/mol. The monoisotopic (exact) mass is 356 g/mol. The van der Waals surface area contributed by atoms with E-state index in [4.69, 9.17) is 0 Å². The Morgan fingerprint density at radius 3 is 1.78 bits per heavy atom. The standard InChI is InChI=1S/C20H12N4O3/c25-18-15-6-5-13(23-15)8-12-2-1-10(21-12)7-11-3-4-14(22-11)9-16-19(26)20(27)17(18)24-16/h1-9,25-27H. The lowest BCUT2D eigenvalue weighted by Gasteiger charge is -2.00. The Labute approximate surface area is 153 Å². The minimum absolute atomic E-state index is 0.109. The van der Waals surface area contributed by atoms with Crippen molar-refractivity contribution in [3.05, 3.63) is 94.7 Å². The summed E-state index contributed by atoms with van der Waals surface area (Å²) in [4.78, 5) is 17.4. The molecule has 5 aliphatic rings. The van der Waals surface area contributed by atoms with Crippen LogP contribution in [0, 0.1) is 0 Å². The Bertz CT molecular complexity index is 1180. The van der Waals surface area contributed by atoms with E-state index in [2.05, 4.69) is 20.0 Å². The maximum absolute atomic E-state index is 10.5. The fraction of sp³-hybridized carbons (Fsp3) is 0. The lowest BCUT2D eigenvalue weighted by molar-refractivity contribution is 0.351. The summed E-state index contributed by atoms with van der Waals surface area (Å²) in [6, 6.07) is 0. The second kappa shape index (κ2) is 5.50. The number of hydrogen-bond acceptors (Lipinski definition) is 7. The Kier molecular flexibility index (Phi) is 3.11. The van der Waals surface area contributed by atoms with Crippen LogP contribution in [-0.2, 0) is 0 Å². The highest BCUT2D eigenvalue weighted by Crippen LogP contribution is 2.28. The summed E-state index contributed by atoms with van der Waals surface area (Å²) in [5.74, 6) is -1.25. The molecule has 27 heavy (non-hydrogen) atoms. The third-order valence-electron chi connectivity index (χ3n) is 4.29. The summed E-state index contributed by atoms with van der Waals surface area (Å²) < 4.78 is 0. The van der Waals surface area contributed by atoms with Crippen LogP contribution < -0.4 is 0 Å². The predicted octanol–water partition coefficient (Wildman–Crippen LogP) is 3.24. The molecule has 0 amide bonds. The van der Waals surface area contributed by atoms with E-state index >= 15 is 0 Å². The van der Waals surface area contributed by atoms with Crippen molar-refractivity contribution < 1.29 is 15.3 Å². The van der Waals surface area contributed by atoms with Crippen molar-refractivity contribution in [2.45, 2.75) is 0 Å². The number of aliphatic imine (C=N–C) groups is 4. The number of fused-ring (bicyclic) bond motifs is 4. The van der Waals surface area contributed by atoms with Crippen molar-refractivity contribution in [1.82, 2.24) is 0 Å². The van der Waals surface area contributed by atoms with Crippen molar-refractivity contribution in [1.29, 1.82) is 0 Å². The third-order valence-corrected chi connectivity index (χ3v) is 4.29. The van der Waals surface area contributed by atoms with Crippen molar-refractivity contribution in [2.75, 3.05) is 0 Å². The highest BCUT2D eigenvalue weighted by atomic mass is 16.3. The number of rotatable bonds is 0. The third kappa shape index (κ3) is 2.53. The van der Waals surface area contributed by atoms with E-state index in [1.807, 2.05) is 24.3 Å². The fourth-order valence-electron chi connectivity index (χ4n) is 2.99. The molecule has 0 fully saturated rings. The fourth-order valence-corrected chi connectivity index (χ4v) is 2.99. The molecule has 0 atom stereocenters. The molecule has 0 aromatic rings. The van der Waals surface area contributed by atoms with Gasteiger partial charge in [-0.1, -0.05) is 0 Å². The molecule has 0 saturated heterocycles. The molecular formula is C20H12N4O3. The Morgan fingerprint density at radius 1 is 0.481 bits per heavy atom. The number of allylic oxidation sites excluding steroid dienone is 9. The lowest BCUT2D eigenvalue weighted by atomic mass is 10.2. The SMILES string of the molecule is OC1=C(O)C2=C(O)C3=NC(=CC4=NC(=CC5=NC(=CC1=N2)C=C5)C=C4)C=C3. The van der Waals surface area contributed by atoms with Crippen molar-refractivity contribution >= 4 is 22.8 Å². The largest absolute Gasteiger partial charge is 0.504 e. The normalized spacial score (nSPS) is 22.6. The van der Waals surface area contributed by atoms with Crippen LogP contribution in [-0.4, -0.2) is 38.2 Å². The van der Waals surface area contributed by atoms with Gasteiger partial charge >= 0.3 is 0 Å². The summed E-state index contributed by atoms with van der Waals surface area (Å²) in [5.41, 5.74) is 3.55. The van der Waals surface area contributed by atoms with Crippen LogP contribution in [0.25, 0.3) is 0 Å². The lowest BCUT2D eigenvalue weighted by Crippen LogP contribution is -2.01. The first-order valence-electron chi connectivity index (χ1n) is 8.17. The zero-order chi connectivity index (χ0) is 18.5. The molecule has 0 saturated carbocycles. The highest BCUT2D eigenvalue weighted by molar-refractivity contribution is 6.16. The van der Waals surface area contributed by atoms with Gasteiger partial charge in [0.05, 0.1) is 28.5 Å². The van der Waals surface area contributed by atoms with Crippen molar-refractivity contribution in [3.63, 3.8) is 0 Å². The molecule has 7 heteroatoms. The van der Waals surface area contributed by atoms with Crippen molar-refractivity contribution in [3.8, 4) is 0 Å². The van der Waals surface area contributed by atoms with Crippen LogP contribution in [0.4, 0.5) is 0 Å². The van der Waals surface area contributed by atoms with Crippen LogP contribution in [0.15, 0.2) is 115 Å². The molecule has 5 aliphatic heterocycles. The van der Waals surface area contributed by atoms with Gasteiger partial charge < -0.3 is 15.3 Å². The average molecular weight is 356 g/mol. The first-order chi connectivity index (χ1) is 13.1. The van der Waals surface area contributed by atoms with Crippen LogP contribution in [0.5, 0.6) is 0 Å². The molecular weight excluding hydrogens is 344 g/mol. The second-order valence-corrected chi connectivity index (χ2v) is 6.17. The molecule has 8 bridgehead atoms. The van der Waals surface area contributed by atoms with Gasteiger partial charge in [0, 0.05) is 0 Å². The van der Waals surface area contributed by atoms with E-state index in [9.17, 15) is 15.3 Å². The molecule has 5 heterocycles. The van der Waals surface area contributed by atoms with Crippen LogP contribution in [0.1, 0.15) is 0 Å². The van der Waals surface area contributed by atoms with Crippen LogP contribution in [0.3, 0.4) is 0 Å². The molecule has 0 aromatic carbocycles. The molecule has 0 aromatic heterocycles. The summed E-state index contributed by atoms with van der Waals surface area (Å²) in [5, 5.41) is 30.8. The molecule has 0 radical (unpaired) electrons. The topological polar surface area (TPSA) is 110 Å². The number of hydrogen-bond donors (Lipinski definition) is 3. The van der Waals surface area contributed by atoms with Gasteiger partial charge in [-0.3, -0.25) is 0 Å². The van der Waals surface area contributed by atoms with Crippen molar-refractivity contribution in [2.24, 2.45) is 20.0 Å². The average Bonchev–Trinajstić information content (AvgIpc) is 3.42. The van der Waals surface area contributed by atoms with Gasteiger partial charge in [0.25, 0.3) is 0 Å². The zero-order valence-corrected chi connectivity index (χ0v) is 13.8. The highest BCUT2D eigenvalue weighted by Gasteiger charge is 2.27. The van der Waals surface area contributed by atoms with E-state index in [0.29, 0.717) is 17.1 Å². The zero-order valence-electron chi connectivity index (χ0n) is 13.8.